The fraction of sp³-hybridized carbons (Fsp3) is 0.400. The third-order valence-electron chi connectivity index (χ3n) is 7.47. The van der Waals surface area contributed by atoms with Gasteiger partial charge in [0.05, 0.1) is 25.8 Å². The van der Waals surface area contributed by atoms with Crippen LogP contribution >= 0.6 is 0 Å². The van der Waals surface area contributed by atoms with Crippen LogP contribution in [-0.4, -0.2) is 76.3 Å². The van der Waals surface area contributed by atoms with Gasteiger partial charge in [-0.05, 0) is 61.2 Å². The van der Waals surface area contributed by atoms with Gasteiger partial charge in [-0.15, -0.1) is 5.10 Å². The Morgan fingerprint density at radius 2 is 1.95 bits per heavy atom. The Morgan fingerprint density at radius 1 is 1.12 bits per heavy atom. The number of methoxy groups -OCH3 is 2. The van der Waals surface area contributed by atoms with Gasteiger partial charge in [0.2, 0.25) is 11.8 Å². The molecule has 216 valence electrons. The van der Waals surface area contributed by atoms with Crippen molar-refractivity contribution < 1.29 is 23.8 Å². The number of amides is 2. The van der Waals surface area contributed by atoms with Gasteiger partial charge in [-0.25, -0.2) is 4.68 Å². The molecule has 1 fully saturated rings. The lowest BCUT2D eigenvalue weighted by Gasteiger charge is -2.32. The molecule has 1 aliphatic heterocycles. The van der Waals surface area contributed by atoms with E-state index in [-0.39, 0.29) is 31.0 Å². The lowest BCUT2D eigenvalue weighted by molar-refractivity contribution is -0.141. The number of fused-ring (bicyclic) bond motifs is 1. The lowest BCUT2D eigenvalue weighted by atomic mass is 10.1. The maximum absolute atomic E-state index is 14.1. The lowest BCUT2D eigenvalue weighted by Crippen LogP contribution is -2.47. The first-order valence-electron chi connectivity index (χ1n) is 13.8. The summed E-state index contributed by atoms with van der Waals surface area (Å²) in [6.07, 6.45) is 4.22. The first-order chi connectivity index (χ1) is 20.0. The molecule has 11 nitrogen and oxygen atoms in total. The Labute approximate surface area is 239 Å². The minimum atomic E-state index is -0.862. The fourth-order valence-electron chi connectivity index (χ4n) is 5.25. The van der Waals surface area contributed by atoms with Crippen molar-refractivity contribution in [1.82, 2.24) is 29.8 Å². The van der Waals surface area contributed by atoms with Crippen LogP contribution in [0.2, 0.25) is 0 Å². The molecular weight excluding hydrogens is 524 g/mol. The predicted molar refractivity (Wildman–Crippen MR) is 153 cm³/mol. The number of nitrogens with zero attached hydrogens (tertiary/aromatic N) is 5. The molecule has 1 saturated heterocycles. The number of nitrogens with one attached hydrogen (secondary N) is 1. The SMILES string of the molecule is COc1ccc(CCN(C(=O)Cn2nnc3ccccc32)C(C(=O)NCC2CCCO2)c2cccn2C)cc1OC. The highest BCUT2D eigenvalue weighted by atomic mass is 16.5. The Balaban J connectivity index is 1.46. The van der Waals surface area contributed by atoms with Gasteiger partial charge in [0.15, 0.2) is 17.5 Å². The summed E-state index contributed by atoms with van der Waals surface area (Å²) in [6.45, 7) is 1.31. The van der Waals surface area contributed by atoms with Crippen molar-refractivity contribution in [1.29, 1.82) is 0 Å². The number of carbonyl (C=O) groups excluding carboxylic acids is 2. The van der Waals surface area contributed by atoms with E-state index in [1.165, 1.54) is 0 Å². The summed E-state index contributed by atoms with van der Waals surface area (Å²) in [5, 5.41) is 11.5. The van der Waals surface area contributed by atoms with E-state index >= 15 is 0 Å². The van der Waals surface area contributed by atoms with Crippen molar-refractivity contribution in [2.45, 2.75) is 38.0 Å². The van der Waals surface area contributed by atoms with E-state index in [4.69, 9.17) is 14.2 Å². The van der Waals surface area contributed by atoms with Crippen molar-refractivity contribution in [3.8, 4) is 11.5 Å². The van der Waals surface area contributed by atoms with Crippen molar-refractivity contribution in [3.63, 3.8) is 0 Å². The first-order valence-corrected chi connectivity index (χ1v) is 13.8. The third kappa shape index (κ3) is 6.35. The monoisotopic (exact) mass is 560 g/mol. The second-order valence-corrected chi connectivity index (χ2v) is 10.1. The molecule has 11 heteroatoms. The summed E-state index contributed by atoms with van der Waals surface area (Å²) in [7, 11) is 5.05. The Bertz CT molecular complexity index is 1490. The zero-order valence-corrected chi connectivity index (χ0v) is 23.7. The average molecular weight is 561 g/mol. The Hall–Kier alpha value is -4.38. The number of rotatable bonds is 12. The predicted octanol–water partition coefficient (Wildman–Crippen LogP) is 2.89. The molecule has 0 saturated carbocycles. The minimum absolute atomic E-state index is 0.0227. The molecule has 1 aliphatic rings. The number of hydrogen-bond donors (Lipinski definition) is 1. The number of aromatic nitrogens is 4. The van der Waals surface area contributed by atoms with E-state index in [9.17, 15) is 9.59 Å². The van der Waals surface area contributed by atoms with Crippen LogP contribution in [-0.2, 0) is 34.3 Å². The molecule has 5 rings (SSSR count). The van der Waals surface area contributed by atoms with Crippen LogP contribution < -0.4 is 14.8 Å². The Morgan fingerprint density at radius 3 is 2.68 bits per heavy atom. The second kappa shape index (κ2) is 12.9. The van der Waals surface area contributed by atoms with Crippen molar-refractivity contribution in [2.24, 2.45) is 7.05 Å². The van der Waals surface area contributed by atoms with E-state index in [2.05, 4.69) is 15.6 Å². The van der Waals surface area contributed by atoms with Gasteiger partial charge in [-0.2, -0.15) is 0 Å². The van der Waals surface area contributed by atoms with Crippen LogP contribution in [0, 0.1) is 0 Å². The van der Waals surface area contributed by atoms with Crippen LogP contribution in [0.3, 0.4) is 0 Å². The smallest absolute Gasteiger partial charge is 0.249 e. The highest BCUT2D eigenvalue weighted by molar-refractivity contribution is 5.89. The molecule has 2 amide bonds. The average Bonchev–Trinajstić information content (AvgIpc) is 3.76. The normalized spacial score (nSPS) is 15.5. The van der Waals surface area contributed by atoms with Crippen LogP contribution in [0.5, 0.6) is 11.5 Å². The van der Waals surface area contributed by atoms with Crippen LogP contribution in [0.25, 0.3) is 11.0 Å². The largest absolute Gasteiger partial charge is 0.493 e. The maximum atomic E-state index is 14.1. The zero-order chi connectivity index (χ0) is 28.8. The molecule has 3 heterocycles. The number of benzene rings is 2. The summed E-state index contributed by atoms with van der Waals surface area (Å²) in [4.78, 5) is 29.6. The summed E-state index contributed by atoms with van der Waals surface area (Å²) >= 11 is 0. The molecule has 4 aromatic rings. The van der Waals surface area contributed by atoms with Gasteiger partial charge in [0.1, 0.15) is 12.1 Å². The number of hydrogen-bond acceptors (Lipinski definition) is 7. The van der Waals surface area contributed by atoms with Crippen molar-refractivity contribution >= 4 is 22.8 Å². The number of carbonyl (C=O) groups is 2. The summed E-state index contributed by atoms with van der Waals surface area (Å²) < 4.78 is 20.0. The number of ether oxygens (including phenoxy) is 3. The first kappa shape index (κ1) is 28.2. The number of para-hydroxylation sites is 1. The summed E-state index contributed by atoms with van der Waals surface area (Å²) in [5.41, 5.74) is 3.10. The fourth-order valence-corrected chi connectivity index (χ4v) is 5.25. The highest BCUT2D eigenvalue weighted by Crippen LogP contribution is 2.29. The van der Waals surface area contributed by atoms with Gasteiger partial charge in [-0.3, -0.25) is 9.59 Å². The van der Waals surface area contributed by atoms with E-state index in [1.54, 1.807) is 23.8 Å². The second-order valence-electron chi connectivity index (χ2n) is 10.1. The molecule has 0 radical (unpaired) electrons. The van der Waals surface area contributed by atoms with Gasteiger partial charge < -0.3 is 29.0 Å². The molecule has 41 heavy (non-hydrogen) atoms. The highest BCUT2D eigenvalue weighted by Gasteiger charge is 2.34. The van der Waals surface area contributed by atoms with Crippen LogP contribution in [0.1, 0.15) is 30.1 Å². The van der Waals surface area contributed by atoms with E-state index in [0.29, 0.717) is 42.3 Å². The van der Waals surface area contributed by atoms with Gasteiger partial charge in [-0.1, -0.05) is 23.4 Å². The zero-order valence-electron chi connectivity index (χ0n) is 23.7. The van der Waals surface area contributed by atoms with E-state index in [1.807, 2.05) is 72.4 Å². The van der Waals surface area contributed by atoms with Crippen molar-refractivity contribution in [3.05, 3.63) is 72.1 Å². The Kier molecular flexibility index (Phi) is 8.83. The topological polar surface area (TPSA) is 113 Å². The molecule has 2 aromatic heterocycles. The summed E-state index contributed by atoms with van der Waals surface area (Å²) in [5.74, 6) is 0.716. The van der Waals surface area contributed by atoms with Gasteiger partial charge >= 0.3 is 0 Å². The standard InChI is InChI=1S/C30H36N6O5/c1-34-15-6-11-25(34)29(30(38)31-19-22-8-7-17-41-22)35(16-14-21-12-13-26(39-2)27(18-21)40-3)28(37)20-36-24-10-5-4-9-23(24)32-33-36/h4-6,9-13,15,18,22,29H,7-8,14,16-17,19-20H2,1-3H3,(H,31,38). The molecule has 2 unspecified atom stereocenters. The molecule has 0 spiro atoms. The van der Waals surface area contributed by atoms with E-state index < -0.39 is 6.04 Å². The van der Waals surface area contributed by atoms with Crippen molar-refractivity contribution in [2.75, 3.05) is 33.9 Å². The quantitative estimate of drug-likeness (QED) is 0.284. The molecule has 0 aliphatic carbocycles. The molecule has 2 aromatic carbocycles. The molecular formula is C30H36N6O5. The van der Waals surface area contributed by atoms with Crippen LogP contribution in [0.15, 0.2) is 60.8 Å². The molecule has 0 bridgehead atoms. The van der Waals surface area contributed by atoms with Gasteiger partial charge in [0, 0.05) is 38.6 Å². The maximum Gasteiger partial charge on any atom is 0.249 e. The molecule has 1 N–H and O–H groups in total. The van der Waals surface area contributed by atoms with Gasteiger partial charge in [0.25, 0.3) is 0 Å². The number of aryl methyl sites for hydroxylation is 1. The third-order valence-corrected chi connectivity index (χ3v) is 7.47. The van der Waals surface area contributed by atoms with Crippen LogP contribution in [0.4, 0.5) is 0 Å². The molecule has 2 atom stereocenters. The van der Waals surface area contributed by atoms with E-state index in [0.717, 1.165) is 23.9 Å². The summed E-state index contributed by atoms with van der Waals surface area (Å²) in [6, 6.07) is 16.0. The minimum Gasteiger partial charge on any atom is -0.493 e.